The van der Waals surface area contributed by atoms with Crippen LogP contribution in [0.4, 0.5) is 0 Å². The van der Waals surface area contributed by atoms with Crippen LogP contribution < -0.4 is 0 Å². The van der Waals surface area contributed by atoms with Crippen LogP contribution in [-0.4, -0.2) is 25.8 Å². The highest BCUT2D eigenvalue weighted by Gasteiger charge is 2.48. The molecule has 0 spiro atoms. The normalized spacial score (nSPS) is 43.6. The summed E-state index contributed by atoms with van der Waals surface area (Å²) >= 11 is 0. The molecule has 76 valence electrons. The van der Waals surface area contributed by atoms with Crippen molar-refractivity contribution in [2.24, 2.45) is 17.8 Å². The lowest BCUT2D eigenvalue weighted by Crippen LogP contribution is -2.37. The van der Waals surface area contributed by atoms with E-state index in [0.29, 0.717) is 23.9 Å². The molecule has 1 heterocycles. The zero-order chi connectivity index (χ0) is 9.71. The molecule has 0 aromatic heterocycles. The zero-order valence-corrected chi connectivity index (χ0v) is 8.23. The van der Waals surface area contributed by atoms with Crippen molar-refractivity contribution in [3.05, 3.63) is 11.6 Å². The van der Waals surface area contributed by atoms with E-state index in [2.05, 4.69) is 6.08 Å². The van der Waals surface area contributed by atoms with Crippen molar-refractivity contribution in [3.63, 3.8) is 0 Å². The minimum Gasteiger partial charge on any atom is -0.466 e. The Kier molecular flexibility index (Phi) is 1.71. The molecule has 0 radical (unpaired) electrons. The van der Waals surface area contributed by atoms with Gasteiger partial charge < -0.3 is 9.47 Å². The fourth-order valence-corrected chi connectivity index (χ4v) is 3.16. The molecule has 4 atom stereocenters. The first kappa shape index (κ1) is 8.48. The fraction of sp³-hybridized carbons (Fsp3) is 0.727. The molecular weight excluding hydrogens is 180 g/mol. The average molecular weight is 194 g/mol. The molecule has 4 bridgehead atoms. The van der Waals surface area contributed by atoms with Crippen LogP contribution in [0, 0.1) is 17.8 Å². The molecule has 0 aromatic rings. The first-order valence-corrected chi connectivity index (χ1v) is 5.21. The molecule has 1 aliphatic heterocycles. The molecule has 0 N–H and O–H groups in total. The van der Waals surface area contributed by atoms with E-state index in [0.717, 1.165) is 25.0 Å². The van der Waals surface area contributed by atoms with Gasteiger partial charge in [-0.15, -0.1) is 0 Å². The number of esters is 1. The molecule has 1 saturated heterocycles. The lowest BCUT2D eigenvalue weighted by Gasteiger charge is -2.38. The van der Waals surface area contributed by atoms with Crippen molar-refractivity contribution in [3.8, 4) is 0 Å². The van der Waals surface area contributed by atoms with E-state index in [9.17, 15) is 4.79 Å². The van der Waals surface area contributed by atoms with Crippen molar-refractivity contribution >= 4 is 5.97 Å². The Bertz CT molecular complexity index is 294. The molecule has 0 amide bonds. The summed E-state index contributed by atoms with van der Waals surface area (Å²) in [6.07, 6.45) is 4.61. The summed E-state index contributed by atoms with van der Waals surface area (Å²) in [7, 11) is 1.45. The number of hydrogen-bond donors (Lipinski definition) is 0. The van der Waals surface area contributed by atoms with Crippen molar-refractivity contribution in [2.75, 3.05) is 13.7 Å². The number of carbonyl (C=O) groups is 1. The van der Waals surface area contributed by atoms with Gasteiger partial charge in [-0.1, -0.05) is 6.08 Å². The number of ether oxygens (including phenoxy) is 2. The monoisotopic (exact) mass is 194 g/mol. The first-order chi connectivity index (χ1) is 6.79. The SMILES string of the molecule is COC(=O)C1=CC2C3COC2CC1C3. The third-order valence-electron chi connectivity index (χ3n) is 3.84. The third kappa shape index (κ3) is 0.989. The fourth-order valence-electron chi connectivity index (χ4n) is 3.16. The maximum absolute atomic E-state index is 11.5. The Labute approximate surface area is 83.1 Å². The molecule has 0 aromatic carbocycles. The summed E-state index contributed by atoms with van der Waals surface area (Å²) < 4.78 is 10.5. The predicted octanol–water partition coefficient (Wildman–Crippen LogP) is 1.14. The van der Waals surface area contributed by atoms with Crippen LogP contribution in [0.2, 0.25) is 0 Å². The Morgan fingerprint density at radius 2 is 2.43 bits per heavy atom. The number of rotatable bonds is 1. The van der Waals surface area contributed by atoms with E-state index in [4.69, 9.17) is 9.47 Å². The van der Waals surface area contributed by atoms with Gasteiger partial charge in [0.25, 0.3) is 0 Å². The van der Waals surface area contributed by atoms with Crippen molar-refractivity contribution < 1.29 is 14.3 Å². The molecule has 4 rings (SSSR count). The van der Waals surface area contributed by atoms with Crippen LogP contribution in [0.3, 0.4) is 0 Å². The third-order valence-corrected chi connectivity index (χ3v) is 3.84. The van der Waals surface area contributed by atoms with Crippen molar-refractivity contribution in [1.82, 2.24) is 0 Å². The molecule has 1 saturated carbocycles. The maximum Gasteiger partial charge on any atom is 0.333 e. The van der Waals surface area contributed by atoms with E-state index in [1.54, 1.807) is 0 Å². The molecule has 3 nitrogen and oxygen atoms in total. The number of hydrogen-bond acceptors (Lipinski definition) is 3. The smallest absolute Gasteiger partial charge is 0.333 e. The molecule has 4 aliphatic rings. The molecule has 14 heavy (non-hydrogen) atoms. The van der Waals surface area contributed by atoms with Crippen LogP contribution >= 0.6 is 0 Å². The Balaban J connectivity index is 1.93. The minimum atomic E-state index is -0.140. The summed E-state index contributed by atoms with van der Waals surface area (Å²) in [5.41, 5.74) is 0.899. The topological polar surface area (TPSA) is 35.5 Å². The van der Waals surface area contributed by atoms with E-state index < -0.39 is 0 Å². The van der Waals surface area contributed by atoms with Gasteiger partial charge in [0.15, 0.2) is 0 Å². The van der Waals surface area contributed by atoms with E-state index in [1.807, 2.05) is 0 Å². The van der Waals surface area contributed by atoms with Gasteiger partial charge in [0.2, 0.25) is 0 Å². The van der Waals surface area contributed by atoms with Crippen LogP contribution in [0.25, 0.3) is 0 Å². The second-order valence-electron chi connectivity index (χ2n) is 4.49. The lowest BCUT2D eigenvalue weighted by atomic mass is 9.66. The Morgan fingerprint density at radius 1 is 1.57 bits per heavy atom. The van der Waals surface area contributed by atoms with Crippen LogP contribution in [0.1, 0.15) is 12.8 Å². The van der Waals surface area contributed by atoms with Gasteiger partial charge in [-0.2, -0.15) is 0 Å². The zero-order valence-electron chi connectivity index (χ0n) is 8.23. The average Bonchev–Trinajstić information content (AvgIpc) is 2.51. The minimum absolute atomic E-state index is 0.140. The van der Waals surface area contributed by atoms with Crippen molar-refractivity contribution in [1.29, 1.82) is 0 Å². The molecule has 2 fully saturated rings. The maximum atomic E-state index is 11.5. The van der Waals surface area contributed by atoms with Gasteiger partial charge in [-0.25, -0.2) is 4.79 Å². The largest absolute Gasteiger partial charge is 0.466 e. The second-order valence-corrected chi connectivity index (χ2v) is 4.49. The summed E-state index contributed by atoms with van der Waals surface area (Å²) in [6.45, 7) is 0.886. The number of carbonyl (C=O) groups excluding carboxylic acids is 1. The van der Waals surface area contributed by atoms with Crippen molar-refractivity contribution in [2.45, 2.75) is 18.9 Å². The standard InChI is InChI=1S/C11H14O3/c1-13-11(12)9-4-8-7-2-6(9)3-10(8)14-5-7/h4,6-8,10H,2-3,5H2,1H3. The summed E-state index contributed by atoms with van der Waals surface area (Å²) in [4.78, 5) is 11.5. The number of methoxy groups -OCH3 is 1. The van der Waals surface area contributed by atoms with Gasteiger partial charge >= 0.3 is 5.97 Å². The highest BCUT2D eigenvalue weighted by Crippen LogP contribution is 2.49. The molecule has 3 heteroatoms. The predicted molar refractivity (Wildman–Crippen MR) is 49.5 cm³/mol. The van der Waals surface area contributed by atoms with Gasteiger partial charge in [0, 0.05) is 11.5 Å². The first-order valence-electron chi connectivity index (χ1n) is 5.21. The summed E-state index contributed by atoms with van der Waals surface area (Å²) in [5.74, 6) is 1.39. The van der Waals surface area contributed by atoms with E-state index in [-0.39, 0.29) is 5.97 Å². The van der Waals surface area contributed by atoms with Gasteiger partial charge in [-0.3, -0.25) is 0 Å². The van der Waals surface area contributed by atoms with E-state index >= 15 is 0 Å². The summed E-state index contributed by atoms with van der Waals surface area (Å²) in [5, 5.41) is 0. The molecule has 4 unspecified atom stereocenters. The van der Waals surface area contributed by atoms with Crippen LogP contribution in [0.15, 0.2) is 11.6 Å². The quantitative estimate of drug-likeness (QED) is 0.587. The molecule has 3 aliphatic carbocycles. The molecular formula is C11H14O3. The highest BCUT2D eigenvalue weighted by atomic mass is 16.5. The van der Waals surface area contributed by atoms with Gasteiger partial charge in [-0.05, 0) is 24.7 Å². The highest BCUT2D eigenvalue weighted by molar-refractivity contribution is 5.89. The lowest BCUT2D eigenvalue weighted by molar-refractivity contribution is -0.137. The van der Waals surface area contributed by atoms with Gasteiger partial charge in [0.05, 0.1) is 19.8 Å². The van der Waals surface area contributed by atoms with E-state index in [1.165, 1.54) is 7.11 Å². The van der Waals surface area contributed by atoms with Crippen LogP contribution in [-0.2, 0) is 14.3 Å². The Morgan fingerprint density at radius 3 is 3.07 bits per heavy atom. The second kappa shape index (κ2) is 2.83. The summed E-state index contributed by atoms with van der Waals surface area (Å²) in [6, 6.07) is 0. The van der Waals surface area contributed by atoms with Gasteiger partial charge in [0.1, 0.15) is 0 Å². The van der Waals surface area contributed by atoms with Crippen LogP contribution in [0.5, 0.6) is 0 Å². The Hall–Kier alpha value is -0.830.